The molecule has 0 aliphatic carbocycles. The van der Waals surface area contributed by atoms with Crippen LogP contribution in [0.1, 0.15) is 27.2 Å². The number of anilines is 1. The Hall–Kier alpha value is -1.57. The SMILES string of the molecule is C=C[N+](=CCC)CCN(C)c1ccccc1.CC. The van der Waals surface area contributed by atoms with Crippen LogP contribution in [0.4, 0.5) is 5.69 Å². The van der Waals surface area contributed by atoms with Crippen molar-refractivity contribution in [1.29, 1.82) is 0 Å². The van der Waals surface area contributed by atoms with Gasteiger partial charge in [-0.15, -0.1) is 0 Å². The van der Waals surface area contributed by atoms with Crippen LogP contribution in [0.15, 0.2) is 43.1 Å². The molecule has 0 aliphatic rings. The predicted octanol–water partition coefficient (Wildman–Crippen LogP) is 3.79. The number of rotatable bonds is 6. The largest absolute Gasteiger partial charge is 0.368 e. The van der Waals surface area contributed by atoms with Crippen LogP contribution in [0, 0.1) is 0 Å². The zero-order valence-electron chi connectivity index (χ0n) is 12.3. The molecule has 2 heteroatoms. The zero-order chi connectivity index (χ0) is 13.8. The van der Waals surface area contributed by atoms with Crippen LogP contribution in [0.5, 0.6) is 0 Å². The number of hydrogen-bond donors (Lipinski definition) is 0. The molecule has 0 bridgehead atoms. The Bertz CT molecular complexity index is 341. The summed E-state index contributed by atoms with van der Waals surface area (Å²) in [6, 6.07) is 10.4. The molecule has 100 valence electrons. The second-order valence-electron chi connectivity index (χ2n) is 3.77. The van der Waals surface area contributed by atoms with Gasteiger partial charge >= 0.3 is 0 Å². The molecule has 2 nitrogen and oxygen atoms in total. The number of likely N-dealkylation sites (N-methyl/N-ethyl adjacent to an activating group) is 1. The predicted molar refractivity (Wildman–Crippen MR) is 82.7 cm³/mol. The lowest BCUT2D eigenvalue weighted by atomic mass is 10.3. The van der Waals surface area contributed by atoms with Crippen molar-refractivity contribution in [3.63, 3.8) is 0 Å². The van der Waals surface area contributed by atoms with Gasteiger partial charge in [0.1, 0.15) is 6.21 Å². The van der Waals surface area contributed by atoms with Gasteiger partial charge in [0.25, 0.3) is 0 Å². The van der Waals surface area contributed by atoms with Crippen molar-refractivity contribution < 1.29 is 4.58 Å². The van der Waals surface area contributed by atoms with Crippen LogP contribution < -0.4 is 4.90 Å². The number of benzene rings is 1. The standard InChI is InChI=1S/C14H21N2.C2H6/c1-4-11-16(5-2)13-12-15(3)14-9-7-6-8-10-14;1-2/h5-11H,2,4,12-13H2,1,3H3;1-2H3/q+1;. The van der Waals surface area contributed by atoms with Crippen molar-refractivity contribution in [2.75, 3.05) is 25.0 Å². The van der Waals surface area contributed by atoms with Crippen LogP contribution in [-0.4, -0.2) is 30.9 Å². The van der Waals surface area contributed by atoms with Gasteiger partial charge < -0.3 is 4.90 Å². The minimum Gasteiger partial charge on any atom is -0.368 e. The summed E-state index contributed by atoms with van der Waals surface area (Å²) in [4.78, 5) is 2.25. The molecule has 0 atom stereocenters. The van der Waals surface area contributed by atoms with E-state index in [1.54, 1.807) is 0 Å². The molecule has 0 aliphatic heterocycles. The molecule has 0 radical (unpaired) electrons. The van der Waals surface area contributed by atoms with Gasteiger partial charge in [0.15, 0.2) is 12.7 Å². The average molecular weight is 247 g/mol. The second kappa shape index (κ2) is 10.6. The Balaban J connectivity index is 0.00000137. The van der Waals surface area contributed by atoms with Gasteiger partial charge in [0.05, 0.1) is 6.54 Å². The molecular weight excluding hydrogens is 220 g/mol. The van der Waals surface area contributed by atoms with Crippen LogP contribution in [0.25, 0.3) is 0 Å². The first-order valence-electron chi connectivity index (χ1n) is 6.75. The molecule has 0 fully saturated rings. The van der Waals surface area contributed by atoms with Gasteiger partial charge in [0.2, 0.25) is 0 Å². The van der Waals surface area contributed by atoms with Crippen LogP contribution in [0.2, 0.25) is 0 Å². The lowest BCUT2D eigenvalue weighted by Crippen LogP contribution is -2.25. The monoisotopic (exact) mass is 247 g/mol. The van der Waals surface area contributed by atoms with E-state index < -0.39 is 0 Å². The van der Waals surface area contributed by atoms with Crippen molar-refractivity contribution in [2.24, 2.45) is 0 Å². The van der Waals surface area contributed by atoms with Crippen molar-refractivity contribution in [2.45, 2.75) is 27.2 Å². The molecule has 0 spiro atoms. The summed E-state index contributed by atoms with van der Waals surface area (Å²) in [5.41, 5.74) is 1.25. The van der Waals surface area contributed by atoms with E-state index in [2.05, 4.69) is 60.5 Å². The molecule has 0 N–H and O–H groups in total. The highest BCUT2D eigenvalue weighted by molar-refractivity contribution is 5.50. The van der Waals surface area contributed by atoms with E-state index in [1.165, 1.54) is 5.69 Å². The van der Waals surface area contributed by atoms with E-state index in [4.69, 9.17) is 0 Å². The van der Waals surface area contributed by atoms with Crippen molar-refractivity contribution in [3.8, 4) is 0 Å². The minimum atomic E-state index is 0.975. The van der Waals surface area contributed by atoms with Crippen LogP contribution in [0.3, 0.4) is 0 Å². The van der Waals surface area contributed by atoms with Crippen molar-refractivity contribution in [3.05, 3.63) is 43.1 Å². The number of hydrogen-bond acceptors (Lipinski definition) is 1. The highest BCUT2D eigenvalue weighted by Crippen LogP contribution is 2.09. The Kier molecular flexibility index (Phi) is 9.65. The average Bonchev–Trinajstić information content (AvgIpc) is 2.46. The first-order chi connectivity index (χ1) is 8.77. The van der Waals surface area contributed by atoms with Gasteiger partial charge in [-0.2, -0.15) is 0 Å². The molecule has 0 saturated carbocycles. The number of nitrogens with zero attached hydrogens (tertiary/aromatic N) is 2. The van der Waals surface area contributed by atoms with Crippen LogP contribution in [-0.2, 0) is 0 Å². The summed E-state index contributed by atoms with van der Waals surface area (Å²) in [5, 5.41) is 0. The highest BCUT2D eigenvalue weighted by atomic mass is 15.1. The molecule has 1 rings (SSSR count). The molecule has 0 aromatic heterocycles. The van der Waals surface area contributed by atoms with E-state index in [1.807, 2.05) is 26.1 Å². The van der Waals surface area contributed by atoms with Crippen LogP contribution >= 0.6 is 0 Å². The lowest BCUT2D eigenvalue weighted by Gasteiger charge is -2.17. The maximum Gasteiger partial charge on any atom is 0.165 e. The minimum absolute atomic E-state index is 0.975. The summed E-state index contributed by atoms with van der Waals surface area (Å²) in [5.74, 6) is 0. The first kappa shape index (κ1) is 16.4. The molecule has 0 amide bonds. The zero-order valence-corrected chi connectivity index (χ0v) is 12.3. The fourth-order valence-corrected chi connectivity index (χ4v) is 1.57. The molecular formula is C16H27N2+. The second-order valence-corrected chi connectivity index (χ2v) is 3.77. The molecule has 0 unspecified atom stereocenters. The molecule has 0 saturated heterocycles. The Morgan fingerprint density at radius 3 is 2.33 bits per heavy atom. The molecule has 0 heterocycles. The first-order valence-corrected chi connectivity index (χ1v) is 6.75. The Labute approximate surface area is 112 Å². The summed E-state index contributed by atoms with van der Waals surface area (Å²) in [7, 11) is 2.11. The topological polar surface area (TPSA) is 6.25 Å². The third kappa shape index (κ3) is 6.24. The fraction of sp³-hybridized carbons (Fsp3) is 0.438. The third-order valence-electron chi connectivity index (χ3n) is 2.54. The smallest absolute Gasteiger partial charge is 0.165 e. The van der Waals surface area contributed by atoms with Gasteiger partial charge in [-0.3, -0.25) is 0 Å². The van der Waals surface area contributed by atoms with E-state index in [-0.39, 0.29) is 0 Å². The van der Waals surface area contributed by atoms with Gasteiger partial charge in [-0.1, -0.05) is 39.0 Å². The summed E-state index contributed by atoms with van der Waals surface area (Å²) >= 11 is 0. The van der Waals surface area contributed by atoms with Gasteiger partial charge in [-0.25, -0.2) is 4.58 Å². The van der Waals surface area contributed by atoms with E-state index in [0.29, 0.717) is 0 Å². The van der Waals surface area contributed by atoms with Gasteiger partial charge in [0, 0.05) is 19.2 Å². The maximum atomic E-state index is 3.81. The fourth-order valence-electron chi connectivity index (χ4n) is 1.57. The summed E-state index contributed by atoms with van der Waals surface area (Å²) in [6.45, 7) is 11.9. The van der Waals surface area contributed by atoms with E-state index >= 15 is 0 Å². The quantitative estimate of drug-likeness (QED) is 0.547. The Morgan fingerprint density at radius 2 is 1.83 bits per heavy atom. The van der Waals surface area contributed by atoms with Crippen molar-refractivity contribution >= 4 is 11.9 Å². The summed E-state index contributed by atoms with van der Waals surface area (Å²) in [6.07, 6.45) is 5.08. The molecule has 1 aromatic rings. The normalized spacial score (nSPS) is 10.3. The summed E-state index contributed by atoms with van der Waals surface area (Å²) < 4.78 is 2.14. The molecule has 18 heavy (non-hydrogen) atoms. The Morgan fingerprint density at radius 1 is 1.22 bits per heavy atom. The lowest BCUT2D eigenvalue weighted by molar-refractivity contribution is -0.449. The van der Waals surface area contributed by atoms with E-state index in [9.17, 15) is 0 Å². The maximum absolute atomic E-state index is 3.81. The molecule has 1 aromatic carbocycles. The third-order valence-corrected chi connectivity index (χ3v) is 2.54. The number of para-hydroxylation sites is 1. The highest BCUT2D eigenvalue weighted by Gasteiger charge is 2.03. The van der Waals surface area contributed by atoms with Crippen molar-refractivity contribution in [1.82, 2.24) is 0 Å². The van der Waals surface area contributed by atoms with Gasteiger partial charge in [-0.05, 0) is 18.7 Å². The van der Waals surface area contributed by atoms with E-state index in [0.717, 1.165) is 19.5 Å².